The van der Waals surface area contributed by atoms with E-state index in [1.54, 1.807) is 12.1 Å². The van der Waals surface area contributed by atoms with Crippen molar-refractivity contribution in [2.75, 3.05) is 0 Å². The second kappa shape index (κ2) is 4.14. The van der Waals surface area contributed by atoms with E-state index in [0.29, 0.717) is 6.42 Å². The molecule has 2 N–H and O–H groups in total. The molecule has 0 aliphatic heterocycles. The number of hydrogen-bond acceptors (Lipinski definition) is 3. The first-order valence-corrected chi connectivity index (χ1v) is 6.01. The lowest BCUT2D eigenvalue weighted by Gasteiger charge is -2.08. The molecule has 0 bridgehead atoms. The molecule has 0 saturated heterocycles. The monoisotopic (exact) mass is 284 g/mol. The Morgan fingerprint density at radius 3 is 2.75 bits per heavy atom. The van der Waals surface area contributed by atoms with Crippen LogP contribution < -0.4 is 5.73 Å². The molecule has 1 aromatic carbocycles. The predicted molar refractivity (Wildman–Crippen MR) is 65.3 cm³/mol. The number of aryl methyl sites for hydroxylation is 1. The topological polar surface area (TPSA) is 69.2 Å². The van der Waals surface area contributed by atoms with Crippen molar-refractivity contribution in [1.29, 1.82) is 0 Å². The van der Waals surface area contributed by atoms with Gasteiger partial charge in [0.05, 0.1) is 4.92 Å². The Labute approximate surface area is 102 Å². The van der Waals surface area contributed by atoms with Crippen molar-refractivity contribution in [1.82, 2.24) is 0 Å². The van der Waals surface area contributed by atoms with Crippen LogP contribution in [0.2, 0.25) is 0 Å². The fourth-order valence-electron chi connectivity index (χ4n) is 1.71. The third kappa shape index (κ3) is 2.59. The van der Waals surface area contributed by atoms with Gasteiger partial charge >= 0.3 is 0 Å². The van der Waals surface area contributed by atoms with E-state index in [0.717, 1.165) is 29.3 Å². The maximum absolute atomic E-state index is 10.9. The molecule has 0 amide bonds. The Kier molecular flexibility index (Phi) is 2.99. The predicted octanol–water partition coefficient (Wildman–Crippen LogP) is 2.78. The highest BCUT2D eigenvalue weighted by atomic mass is 79.9. The average molecular weight is 285 g/mol. The Hall–Kier alpha value is -0.940. The molecular formula is C11H13BrN2O2. The maximum Gasteiger partial charge on any atom is 0.273 e. The van der Waals surface area contributed by atoms with Crippen LogP contribution >= 0.6 is 15.9 Å². The van der Waals surface area contributed by atoms with Gasteiger partial charge in [0, 0.05) is 21.6 Å². The number of nitro benzene ring substituents is 1. The smallest absolute Gasteiger partial charge is 0.273 e. The van der Waals surface area contributed by atoms with Gasteiger partial charge in [-0.1, -0.05) is 22.0 Å². The molecule has 0 atom stereocenters. The molecular weight excluding hydrogens is 272 g/mol. The summed E-state index contributed by atoms with van der Waals surface area (Å²) in [5.74, 6) is 0. The first kappa shape index (κ1) is 11.5. The Balaban J connectivity index is 2.15. The van der Waals surface area contributed by atoms with Gasteiger partial charge in [0.15, 0.2) is 0 Å². The van der Waals surface area contributed by atoms with Gasteiger partial charge in [-0.2, -0.15) is 0 Å². The zero-order chi connectivity index (χ0) is 11.8. The molecule has 4 nitrogen and oxygen atoms in total. The highest BCUT2D eigenvalue weighted by molar-refractivity contribution is 9.10. The van der Waals surface area contributed by atoms with Crippen molar-refractivity contribution in [3.63, 3.8) is 0 Å². The fourth-order valence-corrected chi connectivity index (χ4v) is 2.06. The van der Waals surface area contributed by atoms with Gasteiger partial charge in [0.25, 0.3) is 5.69 Å². The highest BCUT2D eigenvalue weighted by Crippen LogP contribution is 2.37. The average Bonchev–Trinajstić information content (AvgIpc) is 2.95. The minimum absolute atomic E-state index is 0.0546. The molecule has 0 unspecified atom stereocenters. The van der Waals surface area contributed by atoms with Gasteiger partial charge in [-0.3, -0.25) is 10.1 Å². The molecule has 1 saturated carbocycles. The van der Waals surface area contributed by atoms with E-state index in [4.69, 9.17) is 5.73 Å². The third-order valence-corrected chi connectivity index (χ3v) is 3.52. The minimum Gasteiger partial charge on any atom is -0.325 e. The van der Waals surface area contributed by atoms with Crippen LogP contribution in [0.4, 0.5) is 5.69 Å². The van der Waals surface area contributed by atoms with E-state index in [-0.39, 0.29) is 16.1 Å². The minimum atomic E-state index is -0.337. The van der Waals surface area contributed by atoms with Gasteiger partial charge in [-0.15, -0.1) is 0 Å². The number of benzene rings is 1. The van der Waals surface area contributed by atoms with Gasteiger partial charge in [-0.05, 0) is 31.7 Å². The first-order valence-electron chi connectivity index (χ1n) is 5.22. The number of nitrogens with zero attached hydrogens (tertiary/aromatic N) is 1. The van der Waals surface area contributed by atoms with Crippen molar-refractivity contribution >= 4 is 21.6 Å². The first-order chi connectivity index (χ1) is 7.50. The number of nitro groups is 1. The largest absolute Gasteiger partial charge is 0.325 e. The molecule has 0 aromatic heterocycles. The van der Waals surface area contributed by atoms with Crippen LogP contribution in [0, 0.1) is 10.1 Å². The lowest BCUT2D eigenvalue weighted by Crippen LogP contribution is -2.22. The molecule has 0 radical (unpaired) electrons. The Morgan fingerprint density at radius 2 is 2.19 bits per heavy atom. The molecule has 5 heteroatoms. The zero-order valence-electron chi connectivity index (χ0n) is 8.78. The van der Waals surface area contributed by atoms with Crippen molar-refractivity contribution in [3.8, 4) is 0 Å². The molecule has 86 valence electrons. The summed E-state index contributed by atoms with van der Waals surface area (Å²) >= 11 is 3.24. The van der Waals surface area contributed by atoms with Gasteiger partial charge < -0.3 is 5.73 Å². The molecule has 1 aliphatic rings. The second-order valence-corrected chi connectivity index (χ2v) is 5.31. The van der Waals surface area contributed by atoms with E-state index < -0.39 is 0 Å². The molecule has 2 rings (SSSR count). The summed E-state index contributed by atoms with van der Waals surface area (Å²) in [6.45, 7) is 0. The normalized spacial score (nSPS) is 17.1. The van der Waals surface area contributed by atoms with Gasteiger partial charge in [-0.25, -0.2) is 0 Å². The lowest BCUT2D eigenvalue weighted by atomic mass is 10.0. The van der Waals surface area contributed by atoms with Crippen molar-refractivity contribution in [2.24, 2.45) is 5.73 Å². The van der Waals surface area contributed by atoms with Crippen molar-refractivity contribution < 1.29 is 4.92 Å². The molecule has 0 spiro atoms. The number of rotatable bonds is 4. The van der Waals surface area contributed by atoms with Gasteiger partial charge in [0.1, 0.15) is 0 Å². The molecule has 1 aliphatic carbocycles. The van der Waals surface area contributed by atoms with Crippen LogP contribution in [0.25, 0.3) is 0 Å². The van der Waals surface area contributed by atoms with E-state index in [1.165, 1.54) is 0 Å². The van der Waals surface area contributed by atoms with Crippen LogP contribution in [0.5, 0.6) is 0 Å². The van der Waals surface area contributed by atoms with Gasteiger partial charge in [0.2, 0.25) is 0 Å². The lowest BCUT2D eigenvalue weighted by molar-refractivity contribution is -0.385. The van der Waals surface area contributed by atoms with Crippen LogP contribution in [-0.2, 0) is 6.42 Å². The maximum atomic E-state index is 10.9. The quantitative estimate of drug-likeness (QED) is 0.683. The van der Waals surface area contributed by atoms with E-state index in [1.807, 2.05) is 6.07 Å². The molecule has 0 heterocycles. The summed E-state index contributed by atoms with van der Waals surface area (Å²) in [4.78, 5) is 10.5. The standard InChI is InChI=1S/C11H13BrN2O2/c12-9-2-1-8(10(7-9)14(15)16)3-4-11(13)5-6-11/h1-2,7H,3-6,13H2. The number of nitrogens with two attached hydrogens (primary N) is 1. The highest BCUT2D eigenvalue weighted by Gasteiger charge is 2.37. The Morgan fingerprint density at radius 1 is 1.50 bits per heavy atom. The SMILES string of the molecule is NC1(CCc2ccc(Br)cc2[N+](=O)[O-])CC1. The summed E-state index contributed by atoms with van der Waals surface area (Å²) in [6.07, 6.45) is 3.59. The summed E-state index contributed by atoms with van der Waals surface area (Å²) < 4.78 is 0.733. The van der Waals surface area contributed by atoms with Crippen molar-refractivity contribution in [3.05, 3.63) is 38.3 Å². The van der Waals surface area contributed by atoms with Crippen molar-refractivity contribution in [2.45, 2.75) is 31.2 Å². The van der Waals surface area contributed by atoms with Crippen LogP contribution in [-0.4, -0.2) is 10.5 Å². The van der Waals surface area contributed by atoms with E-state index in [2.05, 4.69) is 15.9 Å². The molecule has 1 fully saturated rings. The molecule has 1 aromatic rings. The van der Waals surface area contributed by atoms with Crippen LogP contribution in [0.15, 0.2) is 22.7 Å². The summed E-state index contributed by atoms with van der Waals surface area (Å²) in [5.41, 5.74) is 6.86. The second-order valence-electron chi connectivity index (χ2n) is 4.39. The molecule has 16 heavy (non-hydrogen) atoms. The van der Waals surface area contributed by atoms with E-state index >= 15 is 0 Å². The summed E-state index contributed by atoms with van der Waals surface area (Å²) in [5, 5.41) is 10.9. The van der Waals surface area contributed by atoms with E-state index in [9.17, 15) is 10.1 Å². The number of halogens is 1. The Bertz CT molecular complexity index is 430. The third-order valence-electron chi connectivity index (χ3n) is 3.03. The van der Waals surface area contributed by atoms with Crippen LogP contribution in [0.1, 0.15) is 24.8 Å². The zero-order valence-corrected chi connectivity index (χ0v) is 10.4. The van der Waals surface area contributed by atoms with Crippen LogP contribution in [0.3, 0.4) is 0 Å². The summed E-state index contributed by atoms with van der Waals surface area (Å²) in [6, 6.07) is 5.18. The number of hydrogen-bond donors (Lipinski definition) is 1. The fraction of sp³-hybridized carbons (Fsp3) is 0.455. The summed E-state index contributed by atoms with van der Waals surface area (Å²) in [7, 11) is 0.